The van der Waals surface area contributed by atoms with Gasteiger partial charge in [-0.2, -0.15) is 4.80 Å². The van der Waals surface area contributed by atoms with Crippen molar-refractivity contribution in [2.75, 3.05) is 25.0 Å². The van der Waals surface area contributed by atoms with Gasteiger partial charge in [0.15, 0.2) is 11.4 Å². The summed E-state index contributed by atoms with van der Waals surface area (Å²) in [6.45, 7) is 1.80. The number of aromatic nitrogens is 6. The van der Waals surface area contributed by atoms with E-state index in [2.05, 4.69) is 42.8 Å². The van der Waals surface area contributed by atoms with Gasteiger partial charge >= 0.3 is 0 Å². The quantitative estimate of drug-likeness (QED) is 0.294. The summed E-state index contributed by atoms with van der Waals surface area (Å²) in [5.74, 6) is 1.06. The normalized spacial score (nSPS) is 18.0. The molecule has 12 nitrogen and oxygen atoms in total. The molecule has 44 heavy (non-hydrogen) atoms. The molecular formula is C32H32N8O4. The van der Waals surface area contributed by atoms with Crippen LogP contribution in [-0.2, 0) is 16.6 Å². The highest BCUT2D eigenvalue weighted by Crippen LogP contribution is 2.36. The molecule has 224 valence electrons. The van der Waals surface area contributed by atoms with Crippen LogP contribution in [0.25, 0.3) is 22.6 Å². The van der Waals surface area contributed by atoms with Gasteiger partial charge in [-0.15, -0.1) is 10.2 Å². The predicted octanol–water partition coefficient (Wildman–Crippen LogP) is 4.22. The molecule has 0 radical (unpaired) electrons. The molecule has 2 atom stereocenters. The number of ether oxygens (including phenoxy) is 1. The number of benzene rings is 2. The number of carbonyl (C=O) groups excluding carboxylic acids is 2. The van der Waals surface area contributed by atoms with Crippen molar-refractivity contribution in [2.45, 2.75) is 37.7 Å². The number of pyridine rings is 1. The fourth-order valence-electron chi connectivity index (χ4n) is 6.13. The first-order valence-corrected chi connectivity index (χ1v) is 14.9. The zero-order valence-electron chi connectivity index (χ0n) is 24.3. The molecule has 5 heterocycles. The molecule has 1 N–H and O–H groups in total. The summed E-state index contributed by atoms with van der Waals surface area (Å²) in [5.41, 5.74) is 3.93. The summed E-state index contributed by atoms with van der Waals surface area (Å²) in [5, 5.41) is 15.8. The number of piperidine rings is 1. The predicted molar refractivity (Wildman–Crippen MR) is 161 cm³/mol. The molecule has 2 saturated heterocycles. The smallest absolute Gasteiger partial charge is 0.272 e. The van der Waals surface area contributed by atoms with Crippen LogP contribution in [0.5, 0.6) is 0 Å². The van der Waals surface area contributed by atoms with Crippen molar-refractivity contribution in [3.05, 3.63) is 83.9 Å². The van der Waals surface area contributed by atoms with Gasteiger partial charge in [0.1, 0.15) is 17.3 Å². The van der Waals surface area contributed by atoms with Gasteiger partial charge in [-0.25, -0.2) is 4.98 Å². The van der Waals surface area contributed by atoms with E-state index >= 15 is 0 Å². The summed E-state index contributed by atoms with van der Waals surface area (Å²) >= 11 is 0. The number of anilines is 1. The third-order valence-electron chi connectivity index (χ3n) is 8.36. The van der Waals surface area contributed by atoms with Gasteiger partial charge in [0, 0.05) is 37.1 Å². The highest BCUT2D eigenvalue weighted by molar-refractivity contribution is 5.96. The first-order chi connectivity index (χ1) is 21.5. The zero-order chi connectivity index (χ0) is 30.0. The number of oxazole rings is 1. The number of hydrogen-bond acceptors (Lipinski definition) is 9. The van der Waals surface area contributed by atoms with Gasteiger partial charge in [0.05, 0.1) is 13.0 Å². The van der Waals surface area contributed by atoms with Crippen LogP contribution in [0.4, 0.5) is 5.69 Å². The minimum Gasteiger partial charge on any atom is -0.436 e. The average molecular weight is 593 g/mol. The van der Waals surface area contributed by atoms with Gasteiger partial charge in [-0.1, -0.05) is 30.3 Å². The Balaban J connectivity index is 1.04. The molecule has 12 heteroatoms. The summed E-state index contributed by atoms with van der Waals surface area (Å²) < 4.78 is 11.5. The van der Waals surface area contributed by atoms with E-state index in [-0.39, 0.29) is 23.7 Å². The Bertz CT molecular complexity index is 1790. The number of hydrogen-bond donors (Lipinski definition) is 1. The maximum atomic E-state index is 13.6. The molecule has 5 aromatic rings. The second-order valence-corrected chi connectivity index (χ2v) is 11.3. The van der Waals surface area contributed by atoms with Crippen LogP contribution in [0.15, 0.2) is 71.3 Å². The fourth-order valence-corrected chi connectivity index (χ4v) is 6.13. The maximum absolute atomic E-state index is 13.6. The fraction of sp³-hybridized carbons (Fsp3) is 0.344. The lowest BCUT2D eigenvalue weighted by atomic mass is 9.79. The highest BCUT2D eigenvalue weighted by Gasteiger charge is 2.33. The standard InChI is InChI=1S/C32H32N8O4/c1-39-37-29(36-38-39)28(20-6-3-2-4-7-20)21-12-15-40(16-13-21)32(42)25-18-22(11-14-33-25)31-35-24-19-23(9-10-26(24)44-31)34-30(41)27-8-5-17-43-27/h2-4,6-7,9-11,14,18-19,21,27-28H,5,8,12-13,15-17H2,1H3,(H,34,41)/t27-,28?/m1/s1. The van der Waals surface area contributed by atoms with E-state index in [1.807, 2.05) is 23.1 Å². The summed E-state index contributed by atoms with van der Waals surface area (Å²) in [6.07, 6.45) is 4.40. The Hall–Kier alpha value is -4.97. The molecule has 0 aliphatic carbocycles. The monoisotopic (exact) mass is 592 g/mol. The first kappa shape index (κ1) is 27.8. The number of tetrazole rings is 1. The van der Waals surface area contributed by atoms with Crippen molar-refractivity contribution in [1.29, 1.82) is 0 Å². The number of amides is 2. The van der Waals surface area contributed by atoms with E-state index in [9.17, 15) is 9.59 Å². The summed E-state index contributed by atoms with van der Waals surface area (Å²) in [7, 11) is 1.77. The topological polar surface area (TPSA) is 141 Å². The number of nitrogens with zero attached hydrogens (tertiary/aromatic N) is 7. The van der Waals surface area contributed by atoms with Gasteiger partial charge in [0.2, 0.25) is 5.89 Å². The van der Waals surface area contributed by atoms with Crippen molar-refractivity contribution in [3.8, 4) is 11.5 Å². The number of rotatable bonds is 7. The summed E-state index contributed by atoms with van der Waals surface area (Å²) in [6, 6.07) is 19.1. The van der Waals surface area contributed by atoms with Crippen LogP contribution in [0.3, 0.4) is 0 Å². The van der Waals surface area contributed by atoms with Crippen LogP contribution in [0.2, 0.25) is 0 Å². The van der Waals surface area contributed by atoms with E-state index in [1.165, 1.54) is 4.80 Å². The van der Waals surface area contributed by atoms with Crippen LogP contribution in [0, 0.1) is 5.92 Å². The van der Waals surface area contributed by atoms with Crippen molar-refractivity contribution in [3.63, 3.8) is 0 Å². The third-order valence-corrected chi connectivity index (χ3v) is 8.36. The number of carbonyl (C=O) groups is 2. The molecule has 2 aliphatic rings. The molecule has 0 saturated carbocycles. The van der Waals surface area contributed by atoms with E-state index < -0.39 is 6.10 Å². The van der Waals surface area contributed by atoms with Gasteiger partial charge in [0.25, 0.3) is 11.8 Å². The molecule has 2 aromatic carbocycles. The van der Waals surface area contributed by atoms with Gasteiger partial charge < -0.3 is 19.4 Å². The molecule has 7 rings (SSSR count). The van der Waals surface area contributed by atoms with Crippen LogP contribution in [-0.4, -0.2) is 72.7 Å². The minimum atomic E-state index is -0.419. The third kappa shape index (κ3) is 5.68. The Kier molecular flexibility index (Phi) is 7.57. The number of nitrogens with one attached hydrogen (secondary N) is 1. The molecule has 2 aliphatic heterocycles. The molecule has 0 spiro atoms. The molecule has 1 unspecified atom stereocenters. The Morgan fingerprint density at radius 2 is 1.86 bits per heavy atom. The van der Waals surface area contributed by atoms with Crippen molar-refractivity contribution >= 4 is 28.6 Å². The lowest BCUT2D eigenvalue weighted by molar-refractivity contribution is -0.124. The van der Waals surface area contributed by atoms with Crippen LogP contribution in [0.1, 0.15) is 53.5 Å². The molecular weight excluding hydrogens is 560 g/mol. The Morgan fingerprint density at radius 3 is 2.61 bits per heavy atom. The second kappa shape index (κ2) is 12.0. The van der Waals surface area contributed by atoms with E-state index in [0.717, 1.165) is 31.2 Å². The maximum Gasteiger partial charge on any atom is 0.272 e. The Labute approximate surface area is 253 Å². The number of likely N-dealkylation sites (tertiary alicyclic amines) is 1. The SMILES string of the molecule is Cn1nnc(C(c2ccccc2)C2CCN(C(=O)c3cc(-c4nc5cc(NC(=O)[C@H]6CCCO6)ccc5o4)ccn3)CC2)n1. The summed E-state index contributed by atoms with van der Waals surface area (Å²) in [4.78, 5) is 38.4. The lowest BCUT2D eigenvalue weighted by Crippen LogP contribution is -2.40. The first-order valence-electron chi connectivity index (χ1n) is 14.9. The number of aryl methyl sites for hydroxylation is 1. The lowest BCUT2D eigenvalue weighted by Gasteiger charge is -2.35. The van der Waals surface area contributed by atoms with E-state index in [0.29, 0.717) is 59.5 Å². The molecule has 3 aromatic heterocycles. The molecule has 2 amide bonds. The average Bonchev–Trinajstić information content (AvgIpc) is 3.84. The molecule has 2 fully saturated rings. The second-order valence-electron chi connectivity index (χ2n) is 11.3. The highest BCUT2D eigenvalue weighted by atomic mass is 16.5. The molecule has 0 bridgehead atoms. The largest absolute Gasteiger partial charge is 0.436 e. The zero-order valence-corrected chi connectivity index (χ0v) is 24.3. The van der Waals surface area contributed by atoms with E-state index in [1.54, 1.807) is 43.6 Å². The van der Waals surface area contributed by atoms with Crippen LogP contribution >= 0.6 is 0 Å². The van der Waals surface area contributed by atoms with Gasteiger partial charge in [-0.3, -0.25) is 14.6 Å². The Morgan fingerprint density at radius 1 is 1.02 bits per heavy atom. The number of fused-ring (bicyclic) bond motifs is 1. The van der Waals surface area contributed by atoms with Gasteiger partial charge in [-0.05, 0) is 72.7 Å². The van der Waals surface area contributed by atoms with Crippen molar-refractivity contribution < 1.29 is 18.7 Å². The van der Waals surface area contributed by atoms with Crippen LogP contribution < -0.4 is 5.32 Å². The van der Waals surface area contributed by atoms with Crippen molar-refractivity contribution in [2.24, 2.45) is 13.0 Å². The minimum absolute atomic E-state index is 0.00708. The van der Waals surface area contributed by atoms with E-state index in [4.69, 9.17) is 9.15 Å². The van der Waals surface area contributed by atoms with Crippen molar-refractivity contribution in [1.82, 2.24) is 35.1 Å².